The van der Waals surface area contributed by atoms with Gasteiger partial charge in [0, 0.05) is 35.3 Å². The van der Waals surface area contributed by atoms with Crippen molar-refractivity contribution < 1.29 is 4.39 Å². The summed E-state index contributed by atoms with van der Waals surface area (Å²) < 4.78 is 13.1. The van der Waals surface area contributed by atoms with Gasteiger partial charge in [0.2, 0.25) is 0 Å². The Labute approximate surface area is 144 Å². The van der Waals surface area contributed by atoms with Crippen LogP contribution >= 0.6 is 0 Å². The maximum absolute atomic E-state index is 13.1. The summed E-state index contributed by atoms with van der Waals surface area (Å²) >= 11 is 0. The number of nitrogens with zero attached hydrogens (tertiary/aromatic N) is 3. The Morgan fingerprint density at radius 1 is 0.800 bits per heavy atom. The molecule has 25 heavy (non-hydrogen) atoms. The highest BCUT2D eigenvalue weighted by atomic mass is 19.1. The molecule has 0 unspecified atom stereocenters. The minimum Gasteiger partial charge on any atom is -0.338 e. The van der Waals surface area contributed by atoms with Gasteiger partial charge in [0.1, 0.15) is 5.82 Å². The second kappa shape index (κ2) is 6.65. The van der Waals surface area contributed by atoms with E-state index < -0.39 is 0 Å². The highest BCUT2D eigenvalue weighted by Gasteiger charge is 2.10. The molecule has 0 aliphatic rings. The van der Waals surface area contributed by atoms with Gasteiger partial charge >= 0.3 is 0 Å². The molecule has 122 valence electrons. The average molecular weight is 330 g/mol. The zero-order chi connectivity index (χ0) is 17.1. The fourth-order valence-corrected chi connectivity index (χ4v) is 2.75. The number of anilines is 2. The molecule has 0 radical (unpaired) electrons. The van der Waals surface area contributed by atoms with Crippen LogP contribution < -0.4 is 5.32 Å². The van der Waals surface area contributed by atoms with Gasteiger partial charge in [-0.15, -0.1) is 5.10 Å². The quantitative estimate of drug-likeness (QED) is 0.598. The van der Waals surface area contributed by atoms with E-state index in [4.69, 9.17) is 0 Å². The van der Waals surface area contributed by atoms with Gasteiger partial charge in [0.15, 0.2) is 5.82 Å². The first kappa shape index (κ1) is 15.2. The molecule has 0 spiro atoms. The van der Waals surface area contributed by atoms with Crippen molar-refractivity contribution in [2.45, 2.75) is 6.42 Å². The van der Waals surface area contributed by atoms with Crippen molar-refractivity contribution in [1.82, 2.24) is 15.2 Å². The molecule has 2 aromatic carbocycles. The largest absolute Gasteiger partial charge is 0.338 e. The molecule has 0 aliphatic heterocycles. The van der Waals surface area contributed by atoms with Crippen LogP contribution in [0.4, 0.5) is 15.9 Å². The minimum absolute atomic E-state index is 0.269. The molecule has 0 atom stereocenters. The van der Waals surface area contributed by atoms with Crippen molar-refractivity contribution >= 4 is 22.3 Å². The lowest BCUT2D eigenvalue weighted by molar-refractivity contribution is 0.628. The molecule has 0 amide bonds. The summed E-state index contributed by atoms with van der Waals surface area (Å²) in [7, 11) is 0. The fraction of sp³-hybridized carbons (Fsp3) is 0.0500. The summed E-state index contributed by atoms with van der Waals surface area (Å²) in [6, 6.07) is 18.1. The summed E-state index contributed by atoms with van der Waals surface area (Å²) in [4.78, 5) is 4.04. The molecule has 2 aromatic heterocycles. The van der Waals surface area contributed by atoms with Gasteiger partial charge in [0.25, 0.3) is 0 Å². The normalized spacial score (nSPS) is 10.8. The van der Waals surface area contributed by atoms with E-state index in [0.29, 0.717) is 12.2 Å². The number of rotatable bonds is 4. The summed E-state index contributed by atoms with van der Waals surface area (Å²) in [5.41, 5.74) is 2.81. The van der Waals surface area contributed by atoms with E-state index in [2.05, 4.69) is 20.5 Å². The maximum Gasteiger partial charge on any atom is 0.160 e. The highest BCUT2D eigenvalue weighted by molar-refractivity contribution is 5.94. The van der Waals surface area contributed by atoms with E-state index in [1.54, 1.807) is 24.5 Å². The number of halogens is 1. The number of benzene rings is 2. The summed E-state index contributed by atoms with van der Waals surface area (Å²) in [5.74, 6) is 0.384. The predicted octanol–water partition coefficient (Wildman–Crippen LogP) is 4.50. The summed E-state index contributed by atoms with van der Waals surface area (Å²) in [5, 5.41) is 14.0. The zero-order valence-electron chi connectivity index (χ0n) is 13.4. The predicted molar refractivity (Wildman–Crippen MR) is 96.3 cm³/mol. The number of hydrogen-bond acceptors (Lipinski definition) is 4. The Bertz CT molecular complexity index is 1000. The maximum atomic E-state index is 13.1. The number of hydrogen-bond donors (Lipinski definition) is 1. The first-order valence-corrected chi connectivity index (χ1v) is 7.95. The standard InChI is InChI=1S/C20H15FN4/c21-15-5-7-16(8-6-15)23-20-18-4-2-1-3-17(18)19(24-25-20)13-14-9-11-22-12-10-14/h1-12H,13H2,(H,23,25). The fourth-order valence-electron chi connectivity index (χ4n) is 2.75. The first-order valence-electron chi connectivity index (χ1n) is 7.95. The Morgan fingerprint density at radius 3 is 2.28 bits per heavy atom. The van der Waals surface area contributed by atoms with Gasteiger partial charge in [-0.3, -0.25) is 4.98 Å². The van der Waals surface area contributed by atoms with Gasteiger partial charge in [-0.25, -0.2) is 4.39 Å². The molecular weight excluding hydrogens is 315 g/mol. The van der Waals surface area contributed by atoms with Crippen LogP contribution in [-0.2, 0) is 6.42 Å². The Hall–Kier alpha value is -3.34. The molecule has 0 saturated heterocycles. The zero-order valence-corrected chi connectivity index (χ0v) is 13.4. The third kappa shape index (κ3) is 3.30. The van der Waals surface area contributed by atoms with Gasteiger partial charge in [-0.05, 0) is 42.0 Å². The highest BCUT2D eigenvalue weighted by Crippen LogP contribution is 2.26. The molecule has 5 heteroatoms. The molecule has 2 heterocycles. The van der Waals surface area contributed by atoms with Crippen LogP contribution in [0.15, 0.2) is 73.1 Å². The monoisotopic (exact) mass is 330 g/mol. The van der Waals surface area contributed by atoms with Crippen LogP contribution in [0, 0.1) is 5.82 Å². The smallest absolute Gasteiger partial charge is 0.160 e. The van der Waals surface area contributed by atoms with E-state index in [9.17, 15) is 4.39 Å². The second-order valence-electron chi connectivity index (χ2n) is 5.71. The molecule has 4 nitrogen and oxygen atoms in total. The molecule has 1 N–H and O–H groups in total. The third-order valence-electron chi connectivity index (χ3n) is 3.99. The van der Waals surface area contributed by atoms with Crippen molar-refractivity contribution in [3.63, 3.8) is 0 Å². The Kier molecular flexibility index (Phi) is 4.04. The van der Waals surface area contributed by atoms with Crippen molar-refractivity contribution in [2.24, 2.45) is 0 Å². The number of aromatic nitrogens is 3. The van der Waals surface area contributed by atoms with E-state index in [0.717, 1.165) is 27.7 Å². The van der Waals surface area contributed by atoms with Crippen molar-refractivity contribution in [3.8, 4) is 0 Å². The van der Waals surface area contributed by atoms with Gasteiger partial charge in [-0.1, -0.05) is 24.3 Å². The van der Waals surface area contributed by atoms with Gasteiger partial charge < -0.3 is 5.32 Å². The second-order valence-corrected chi connectivity index (χ2v) is 5.71. The van der Waals surface area contributed by atoms with Crippen LogP contribution in [0.1, 0.15) is 11.3 Å². The van der Waals surface area contributed by atoms with Crippen LogP contribution in [0.3, 0.4) is 0 Å². The van der Waals surface area contributed by atoms with Gasteiger partial charge in [-0.2, -0.15) is 5.10 Å². The Balaban J connectivity index is 1.72. The Morgan fingerprint density at radius 2 is 1.52 bits per heavy atom. The lowest BCUT2D eigenvalue weighted by atomic mass is 10.0. The lowest BCUT2D eigenvalue weighted by Gasteiger charge is -2.11. The topological polar surface area (TPSA) is 50.7 Å². The molecule has 0 saturated carbocycles. The van der Waals surface area contributed by atoms with E-state index in [1.165, 1.54) is 12.1 Å². The summed E-state index contributed by atoms with van der Waals surface area (Å²) in [6.45, 7) is 0. The molecule has 0 bridgehead atoms. The average Bonchev–Trinajstić information content (AvgIpc) is 2.66. The van der Waals surface area contributed by atoms with Crippen molar-refractivity contribution in [3.05, 3.63) is 90.1 Å². The number of nitrogens with one attached hydrogen (secondary N) is 1. The van der Waals surface area contributed by atoms with Crippen molar-refractivity contribution in [1.29, 1.82) is 0 Å². The first-order chi connectivity index (χ1) is 12.3. The van der Waals surface area contributed by atoms with E-state index in [1.807, 2.05) is 36.4 Å². The lowest BCUT2D eigenvalue weighted by Crippen LogP contribution is -2.02. The molecule has 4 rings (SSSR count). The van der Waals surface area contributed by atoms with Crippen LogP contribution in [-0.4, -0.2) is 15.2 Å². The molecule has 0 fully saturated rings. The minimum atomic E-state index is -0.269. The summed E-state index contributed by atoms with van der Waals surface area (Å²) in [6.07, 6.45) is 4.23. The number of fused-ring (bicyclic) bond motifs is 1. The molecular formula is C20H15FN4. The van der Waals surface area contributed by atoms with Crippen LogP contribution in [0.25, 0.3) is 10.8 Å². The molecule has 0 aliphatic carbocycles. The third-order valence-corrected chi connectivity index (χ3v) is 3.99. The van der Waals surface area contributed by atoms with Crippen LogP contribution in [0.2, 0.25) is 0 Å². The van der Waals surface area contributed by atoms with E-state index in [-0.39, 0.29) is 5.82 Å². The molecule has 4 aromatic rings. The van der Waals surface area contributed by atoms with Crippen LogP contribution in [0.5, 0.6) is 0 Å². The van der Waals surface area contributed by atoms with Gasteiger partial charge in [0.05, 0.1) is 5.69 Å². The van der Waals surface area contributed by atoms with Crippen molar-refractivity contribution in [2.75, 3.05) is 5.32 Å². The SMILES string of the molecule is Fc1ccc(Nc2nnc(Cc3ccncc3)c3ccccc23)cc1. The van der Waals surface area contributed by atoms with E-state index >= 15 is 0 Å². The number of pyridine rings is 1.